The third-order valence-corrected chi connectivity index (χ3v) is 7.31. The minimum absolute atomic E-state index is 0.0608. The summed E-state index contributed by atoms with van der Waals surface area (Å²) in [6.45, 7) is 0.685. The number of rotatable bonds is 9. The van der Waals surface area contributed by atoms with Crippen LogP contribution in [0.5, 0.6) is 5.75 Å². The highest BCUT2D eigenvalue weighted by molar-refractivity contribution is 7.99. The molecular formula is C26H31N3O2S. The molecule has 0 radical (unpaired) electrons. The molecule has 0 aliphatic heterocycles. The number of carbonyl (C=O) groups excluding carboxylic acids is 1. The standard InChI is InChI=1S/C26H31N3O2S/c1-31-24-15-8-7-14-23(24)29-25-18-21(20-12-5-6-13-22(20)28-25)26(30)27-16-9-17-32-19-10-3-2-4-11-19/h5-8,12-15,18-19H,2-4,9-11,16-17H2,1H3,(H,27,30)(H,28,29). The topological polar surface area (TPSA) is 63.2 Å². The minimum Gasteiger partial charge on any atom is -0.495 e. The van der Waals surface area contributed by atoms with E-state index in [9.17, 15) is 4.79 Å². The number of thioether (sulfide) groups is 1. The molecule has 3 aromatic rings. The van der Waals surface area contributed by atoms with Crippen LogP contribution in [0.1, 0.15) is 48.9 Å². The predicted molar refractivity (Wildman–Crippen MR) is 134 cm³/mol. The average Bonchev–Trinajstić information content (AvgIpc) is 2.84. The molecule has 0 saturated heterocycles. The van der Waals surface area contributed by atoms with Crippen LogP contribution in [-0.4, -0.2) is 35.5 Å². The van der Waals surface area contributed by atoms with Gasteiger partial charge in [0, 0.05) is 17.2 Å². The molecule has 32 heavy (non-hydrogen) atoms. The Morgan fingerprint density at radius 2 is 1.88 bits per heavy atom. The number of nitrogens with zero attached hydrogens (tertiary/aromatic N) is 1. The van der Waals surface area contributed by atoms with E-state index in [4.69, 9.17) is 9.72 Å². The van der Waals surface area contributed by atoms with Crippen molar-refractivity contribution >= 4 is 40.1 Å². The molecule has 1 aromatic heterocycles. The lowest BCUT2D eigenvalue weighted by atomic mass is 10.0. The molecule has 1 amide bonds. The second-order valence-corrected chi connectivity index (χ2v) is 9.55. The zero-order chi connectivity index (χ0) is 22.2. The number of benzene rings is 2. The highest BCUT2D eigenvalue weighted by Gasteiger charge is 2.15. The van der Waals surface area contributed by atoms with Crippen LogP contribution < -0.4 is 15.4 Å². The van der Waals surface area contributed by atoms with Crippen molar-refractivity contribution in [3.8, 4) is 5.75 Å². The van der Waals surface area contributed by atoms with E-state index in [0.717, 1.165) is 39.8 Å². The Balaban J connectivity index is 1.43. The van der Waals surface area contributed by atoms with Gasteiger partial charge in [0.25, 0.3) is 5.91 Å². The maximum atomic E-state index is 13.1. The first kappa shape index (κ1) is 22.5. The molecule has 4 rings (SSSR count). The summed E-state index contributed by atoms with van der Waals surface area (Å²) in [6, 6.07) is 17.3. The number of aromatic nitrogens is 1. The Labute approximate surface area is 194 Å². The summed E-state index contributed by atoms with van der Waals surface area (Å²) in [5, 5.41) is 8.08. The molecule has 0 spiro atoms. The van der Waals surface area contributed by atoms with Crippen LogP contribution in [0.3, 0.4) is 0 Å². The monoisotopic (exact) mass is 449 g/mol. The smallest absolute Gasteiger partial charge is 0.252 e. The number of hydrogen-bond donors (Lipinski definition) is 2. The molecule has 1 saturated carbocycles. The van der Waals surface area contributed by atoms with Gasteiger partial charge in [0.15, 0.2) is 0 Å². The lowest BCUT2D eigenvalue weighted by Gasteiger charge is -2.20. The lowest BCUT2D eigenvalue weighted by molar-refractivity contribution is 0.0955. The third kappa shape index (κ3) is 5.74. The maximum absolute atomic E-state index is 13.1. The molecule has 2 aromatic carbocycles. The Bertz CT molecular complexity index is 1050. The SMILES string of the molecule is COc1ccccc1Nc1cc(C(=O)NCCCSC2CCCCC2)c2ccccc2n1. The quantitative estimate of drug-likeness (QED) is 0.382. The fraction of sp³-hybridized carbons (Fsp3) is 0.385. The van der Waals surface area contributed by atoms with E-state index in [1.165, 1.54) is 32.1 Å². The van der Waals surface area contributed by atoms with Gasteiger partial charge >= 0.3 is 0 Å². The number of nitrogens with one attached hydrogen (secondary N) is 2. The molecule has 0 unspecified atom stereocenters. The molecule has 0 atom stereocenters. The summed E-state index contributed by atoms with van der Waals surface area (Å²) in [5.41, 5.74) is 2.22. The van der Waals surface area contributed by atoms with Gasteiger partial charge in [-0.05, 0) is 49.3 Å². The van der Waals surface area contributed by atoms with Gasteiger partial charge in [0.05, 0.1) is 23.9 Å². The normalized spacial score (nSPS) is 14.3. The highest BCUT2D eigenvalue weighted by Crippen LogP contribution is 2.29. The first-order chi connectivity index (χ1) is 15.7. The molecule has 5 nitrogen and oxygen atoms in total. The van der Waals surface area contributed by atoms with Crippen molar-refractivity contribution < 1.29 is 9.53 Å². The average molecular weight is 450 g/mol. The maximum Gasteiger partial charge on any atom is 0.252 e. The highest BCUT2D eigenvalue weighted by atomic mass is 32.2. The van der Waals surface area contributed by atoms with Crippen molar-refractivity contribution in [1.29, 1.82) is 0 Å². The molecular weight excluding hydrogens is 418 g/mol. The fourth-order valence-corrected chi connectivity index (χ4v) is 5.48. The molecule has 1 aliphatic rings. The Morgan fingerprint density at radius 1 is 1.09 bits per heavy atom. The molecule has 6 heteroatoms. The zero-order valence-corrected chi connectivity index (χ0v) is 19.4. The van der Waals surface area contributed by atoms with Gasteiger partial charge in [0.1, 0.15) is 11.6 Å². The number of hydrogen-bond acceptors (Lipinski definition) is 5. The third-order valence-electron chi connectivity index (χ3n) is 5.84. The molecule has 168 valence electrons. The van der Waals surface area contributed by atoms with Crippen molar-refractivity contribution in [1.82, 2.24) is 10.3 Å². The first-order valence-electron chi connectivity index (χ1n) is 11.4. The Hall–Kier alpha value is -2.73. The molecule has 1 fully saturated rings. The van der Waals surface area contributed by atoms with Crippen LogP contribution in [0.2, 0.25) is 0 Å². The Morgan fingerprint density at radius 3 is 2.72 bits per heavy atom. The number of methoxy groups -OCH3 is 1. The summed E-state index contributed by atoms with van der Waals surface area (Å²) in [4.78, 5) is 17.8. The van der Waals surface area contributed by atoms with Gasteiger partial charge in [-0.25, -0.2) is 4.98 Å². The number of pyridine rings is 1. The number of amides is 1. The van der Waals surface area contributed by atoms with Crippen molar-refractivity contribution in [3.05, 3.63) is 60.2 Å². The van der Waals surface area contributed by atoms with Crippen molar-refractivity contribution in [3.63, 3.8) is 0 Å². The minimum atomic E-state index is -0.0608. The van der Waals surface area contributed by atoms with Gasteiger partial charge in [-0.2, -0.15) is 11.8 Å². The van der Waals surface area contributed by atoms with E-state index in [0.29, 0.717) is 17.9 Å². The van der Waals surface area contributed by atoms with Crippen LogP contribution in [0, 0.1) is 0 Å². The van der Waals surface area contributed by atoms with Crippen molar-refractivity contribution in [2.24, 2.45) is 0 Å². The van der Waals surface area contributed by atoms with Crippen LogP contribution in [0.25, 0.3) is 10.9 Å². The molecule has 1 aliphatic carbocycles. The predicted octanol–water partition coefficient (Wildman–Crippen LogP) is 6.17. The molecule has 1 heterocycles. The summed E-state index contributed by atoms with van der Waals surface area (Å²) in [5.74, 6) is 2.38. The lowest BCUT2D eigenvalue weighted by Crippen LogP contribution is -2.25. The number of ether oxygens (including phenoxy) is 1. The van der Waals surface area contributed by atoms with E-state index in [1.807, 2.05) is 54.6 Å². The van der Waals surface area contributed by atoms with Gasteiger partial charge in [-0.1, -0.05) is 49.6 Å². The van der Waals surface area contributed by atoms with E-state index in [1.54, 1.807) is 7.11 Å². The number of anilines is 2. The van der Waals surface area contributed by atoms with Gasteiger partial charge in [0.2, 0.25) is 0 Å². The van der Waals surface area contributed by atoms with E-state index in [2.05, 4.69) is 22.4 Å². The van der Waals surface area contributed by atoms with Crippen molar-refractivity contribution in [2.75, 3.05) is 24.7 Å². The van der Waals surface area contributed by atoms with Crippen molar-refractivity contribution in [2.45, 2.75) is 43.8 Å². The number of para-hydroxylation sites is 3. The summed E-state index contributed by atoms with van der Waals surface area (Å²) in [7, 11) is 1.64. The second-order valence-electron chi connectivity index (χ2n) is 8.14. The zero-order valence-electron chi connectivity index (χ0n) is 18.6. The van der Waals surface area contributed by atoms with Crippen LogP contribution in [0.15, 0.2) is 54.6 Å². The largest absolute Gasteiger partial charge is 0.495 e. The summed E-state index contributed by atoms with van der Waals surface area (Å²) in [6.07, 6.45) is 7.82. The summed E-state index contributed by atoms with van der Waals surface area (Å²) >= 11 is 2.07. The molecule has 0 bridgehead atoms. The van der Waals surface area contributed by atoms with E-state index in [-0.39, 0.29) is 5.91 Å². The van der Waals surface area contributed by atoms with Crippen LogP contribution >= 0.6 is 11.8 Å². The van der Waals surface area contributed by atoms with Crippen LogP contribution in [-0.2, 0) is 0 Å². The first-order valence-corrected chi connectivity index (χ1v) is 12.5. The van der Waals surface area contributed by atoms with Crippen LogP contribution in [0.4, 0.5) is 11.5 Å². The van der Waals surface area contributed by atoms with Gasteiger partial charge < -0.3 is 15.4 Å². The van der Waals surface area contributed by atoms with Gasteiger partial charge in [-0.3, -0.25) is 4.79 Å². The second kappa shape index (κ2) is 11.2. The molecule has 2 N–H and O–H groups in total. The van der Waals surface area contributed by atoms with E-state index >= 15 is 0 Å². The Kier molecular flexibility index (Phi) is 7.88. The van der Waals surface area contributed by atoms with Gasteiger partial charge in [-0.15, -0.1) is 0 Å². The number of fused-ring (bicyclic) bond motifs is 1. The fourth-order valence-electron chi connectivity index (χ4n) is 4.16. The summed E-state index contributed by atoms with van der Waals surface area (Å²) < 4.78 is 5.43. The van der Waals surface area contributed by atoms with E-state index < -0.39 is 0 Å². The number of carbonyl (C=O) groups is 1.